The molecule has 0 unspecified atom stereocenters. The summed E-state index contributed by atoms with van der Waals surface area (Å²) in [6, 6.07) is 4.63. The smallest absolute Gasteiger partial charge is 0.422 e. The largest absolute Gasteiger partial charge is 0.468 e. The highest BCUT2D eigenvalue weighted by Gasteiger charge is 2.28. The lowest BCUT2D eigenvalue weighted by atomic mass is 10.1. The summed E-state index contributed by atoms with van der Waals surface area (Å²) in [4.78, 5) is 20.3. The predicted molar refractivity (Wildman–Crippen MR) is 105 cm³/mol. The second-order valence-electron chi connectivity index (χ2n) is 5.90. The maximum absolute atomic E-state index is 12.2. The Morgan fingerprint density at radius 3 is 2.76 bits per heavy atom. The van der Waals surface area contributed by atoms with E-state index >= 15 is 0 Å². The Hall–Kier alpha value is -2.92. The standard InChI is InChI=1S/C18H10F3N3O3S2/c19-18(20,21)8-26-14-2-1-9(6-23-14)12-7-22-5-10-3-11(27-15(10)12)4-13-16(25)24-17(28)29-13/h1-7H,8H2,(H,24,25,28). The number of aromatic nitrogens is 2. The van der Waals surface area contributed by atoms with Crippen molar-refractivity contribution >= 4 is 51.3 Å². The number of halogens is 3. The van der Waals surface area contributed by atoms with Gasteiger partial charge in [-0.3, -0.25) is 9.78 Å². The zero-order valence-corrected chi connectivity index (χ0v) is 16.0. The molecule has 4 rings (SSSR count). The molecule has 0 bridgehead atoms. The molecule has 148 valence electrons. The number of rotatable bonds is 4. The molecule has 0 radical (unpaired) electrons. The van der Waals surface area contributed by atoms with Gasteiger partial charge in [-0.1, -0.05) is 24.0 Å². The molecule has 0 saturated carbocycles. The van der Waals surface area contributed by atoms with E-state index in [9.17, 15) is 18.0 Å². The van der Waals surface area contributed by atoms with Gasteiger partial charge < -0.3 is 14.5 Å². The van der Waals surface area contributed by atoms with Crippen molar-refractivity contribution in [3.63, 3.8) is 0 Å². The highest BCUT2D eigenvalue weighted by molar-refractivity contribution is 8.26. The third kappa shape index (κ3) is 4.40. The van der Waals surface area contributed by atoms with E-state index < -0.39 is 12.8 Å². The van der Waals surface area contributed by atoms with Gasteiger partial charge in [-0.2, -0.15) is 13.2 Å². The van der Waals surface area contributed by atoms with Crippen molar-refractivity contribution in [2.24, 2.45) is 0 Å². The molecule has 0 spiro atoms. The van der Waals surface area contributed by atoms with Crippen molar-refractivity contribution in [3.05, 3.63) is 47.5 Å². The fraction of sp³-hybridized carbons (Fsp3) is 0.111. The minimum absolute atomic E-state index is 0.142. The first-order valence-electron chi connectivity index (χ1n) is 8.07. The van der Waals surface area contributed by atoms with Crippen molar-refractivity contribution in [2.45, 2.75) is 6.18 Å². The fourth-order valence-corrected chi connectivity index (χ4v) is 3.61. The summed E-state index contributed by atoms with van der Waals surface area (Å²) in [7, 11) is 0. The minimum atomic E-state index is -4.44. The van der Waals surface area contributed by atoms with Crippen LogP contribution in [0.3, 0.4) is 0 Å². The van der Waals surface area contributed by atoms with Crippen molar-refractivity contribution in [1.29, 1.82) is 0 Å². The molecule has 1 amide bonds. The molecule has 1 aliphatic heterocycles. The van der Waals surface area contributed by atoms with Crippen molar-refractivity contribution in [3.8, 4) is 17.0 Å². The Bertz CT molecular complexity index is 1140. The normalized spacial score (nSPS) is 15.9. The van der Waals surface area contributed by atoms with Gasteiger partial charge in [-0.25, -0.2) is 4.98 Å². The van der Waals surface area contributed by atoms with Crippen LogP contribution < -0.4 is 10.1 Å². The summed E-state index contributed by atoms with van der Waals surface area (Å²) in [5, 5.41) is 3.22. The summed E-state index contributed by atoms with van der Waals surface area (Å²) < 4.78 is 47.6. The minimum Gasteiger partial charge on any atom is -0.468 e. The van der Waals surface area contributed by atoms with Gasteiger partial charge in [0.15, 0.2) is 6.61 Å². The highest BCUT2D eigenvalue weighted by Crippen LogP contribution is 2.33. The summed E-state index contributed by atoms with van der Waals surface area (Å²) in [5.41, 5.74) is 1.69. The number of thioether (sulfide) groups is 1. The van der Waals surface area contributed by atoms with Crippen LogP contribution in [-0.2, 0) is 4.79 Å². The maximum Gasteiger partial charge on any atom is 0.422 e. The van der Waals surface area contributed by atoms with Crippen LogP contribution >= 0.6 is 24.0 Å². The molecule has 29 heavy (non-hydrogen) atoms. The third-order valence-corrected chi connectivity index (χ3v) is 4.95. The number of fused-ring (bicyclic) bond motifs is 1. The van der Waals surface area contributed by atoms with E-state index in [0.29, 0.717) is 37.1 Å². The molecule has 6 nitrogen and oxygen atoms in total. The maximum atomic E-state index is 12.2. The first-order chi connectivity index (χ1) is 13.8. The summed E-state index contributed by atoms with van der Waals surface area (Å²) in [6.07, 6.45) is 1.68. The van der Waals surface area contributed by atoms with Gasteiger partial charge in [0.1, 0.15) is 15.7 Å². The number of furan rings is 1. The predicted octanol–water partition coefficient (Wildman–Crippen LogP) is 4.32. The number of carbonyl (C=O) groups excluding carboxylic acids is 1. The molecular formula is C18H10F3N3O3S2. The quantitative estimate of drug-likeness (QED) is 0.481. The van der Waals surface area contributed by atoms with Crippen LogP contribution in [0.4, 0.5) is 13.2 Å². The van der Waals surface area contributed by atoms with E-state index in [0.717, 1.165) is 11.8 Å². The SMILES string of the molecule is O=C1NC(=S)SC1=Cc1cc2cncc(-c3ccc(OCC(F)(F)F)nc3)c2o1. The molecule has 0 aromatic carbocycles. The highest BCUT2D eigenvalue weighted by atomic mass is 32.2. The Morgan fingerprint density at radius 1 is 1.28 bits per heavy atom. The molecule has 11 heteroatoms. The zero-order valence-electron chi connectivity index (χ0n) is 14.3. The second kappa shape index (κ2) is 7.48. The number of nitrogens with one attached hydrogen (secondary N) is 1. The summed E-state index contributed by atoms with van der Waals surface area (Å²) >= 11 is 6.10. The molecule has 3 aromatic heterocycles. The van der Waals surface area contributed by atoms with Crippen LogP contribution in [0.25, 0.3) is 28.2 Å². The van der Waals surface area contributed by atoms with Gasteiger partial charge in [0.25, 0.3) is 5.91 Å². The van der Waals surface area contributed by atoms with Gasteiger partial charge in [0.2, 0.25) is 5.88 Å². The number of amides is 1. The number of hydrogen-bond donors (Lipinski definition) is 1. The van der Waals surface area contributed by atoms with E-state index in [4.69, 9.17) is 16.6 Å². The van der Waals surface area contributed by atoms with E-state index in [1.54, 1.807) is 30.6 Å². The number of ether oxygens (including phenoxy) is 1. The first kappa shape index (κ1) is 19.4. The molecule has 4 heterocycles. The summed E-state index contributed by atoms with van der Waals surface area (Å²) in [6.45, 7) is -1.41. The molecule has 1 aliphatic rings. The number of alkyl halides is 3. The first-order valence-corrected chi connectivity index (χ1v) is 9.29. The number of hydrogen-bond acceptors (Lipinski definition) is 7. The van der Waals surface area contributed by atoms with Crippen LogP contribution in [0, 0.1) is 0 Å². The van der Waals surface area contributed by atoms with E-state index in [-0.39, 0.29) is 11.8 Å². The molecule has 0 atom stereocenters. The number of pyridine rings is 2. The van der Waals surface area contributed by atoms with Crippen LogP contribution in [-0.4, -0.2) is 33.0 Å². The van der Waals surface area contributed by atoms with Crippen molar-refractivity contribution < 1.29 is 27.1 Å². The van der Waals surface area contributed by atoms with Crippen LogP contribution in [0.1, 0.15) is 5.76 Å². The Balaban J connectivity index is 1.63. The molecular weight excluding hydrogens is 427 g/mol. The Kier molecular flexibility index (Phi) is 5.01. The molecule has 1 saturated heterocycles. The van der Waals surface area contributed by atoms with Crippen LogP contribution in [0.5, 0.6) is 5.88 Å². The molecule has 1 fully saturated rings. The van der Waals surface area contributed by atoms with E-state index in [1.807, 2.05) is 0 Å². The average molecular weight is 437 g/mol. The zero-order chi connectivity index (χ0) is 20.6. The lowest BCUT2D eigenvalue weighted by Gasteiger charge is -2.08. The number of carbonyl (C=O) groups is 1. The van der Waals surface area contributed by atoms with Crippen LogP contribution in [0.2, 0.25) is 0 Å². The lowest BCUT2D eigenvalue weighted by Crippen LogP contribution is -2.19. The van der Waals surface area contributed by atoms with Gasteiger partial charge in [0, 0.05) is 47.2 Å². The van der Waals surface area contributed by atoms with Gasteiger partial charge in [0.05, 0.1) is 4.91 Å². The van der Waals surface area contributed by atoms with Crippen molar-refractivity contribution in [2.75, 3.05) is 6.61 Å². The monoisotopic (exact) mass is 437 g/mol. The lowest BCUT2D eigenvalue weighted by molar-refractivity contribution is -0.154. The molecule has 1 N–H and O–H groups in total. The number of nitrogens with zero attached hydrogens (tertiary/aromatic N) is 2. The van der Waals surface area contributed by atoms with Gasteiger partial charge >= 0.3 is 6.18 Å². The Labute approximate surface area is 171 Å². The van der Waals surface area contributed by atoms with Crippen LogP contribution in [0.15, 0.2) is 46.1 Å². The summed E-state index contributed by atoms with van der Waals surface area (Å²) in [5.74, 6) is 0.00320. The fourth-order valence-electron chi connectivity index (χ4n) is 2.59. The van der Waals surface area contributed by atoms with E-state index in [1.165, 1.54) is 12.3 Å². The van der Waals surface area contributed by atoms with Gasteiger partial charge in [-0.05, 0) is 12.1 Å². The number of thiocarbonyl (C=S) groups is 1. The topological polar surface area (TPSA) is 77.2 Å². The van der Waals surface area contributed by atoms with Gasteiger partial charge in [-0.15, -0.1) is 0 Å². The molecule has 3 aromatic rings. The Morgan fingerprint density at radius 2 is 2.10 bits per heavy atom. The second-order valence-corrected chi connectivity index (χ2v) is 7.61. The average Bonchev–Trinajstić information content (AvgIpc) is 3.21. The third-order valence-electron chi connectivity index (χ3n) is 3.79. The molecule has 0 aliphatic carbocycles. The van der Waals surface area contributed by atoms with Crippen molar-refractivity contribution in [1.82, 2.24) is 15.3 Å². The van der Waals surface area contributed by atoms with E-state index in [2.05, 4.69) is 20.0 Å².